The molecular weight excluding hydrogens is 791 g/mol. The Morgan fingerprint density at radius 2 is 0.785 bits per heavy atom. The molecule has 4 nitrogen and oxygen atoms in total. The number of hydrogen-bond acceptors (Lipinski definition) is 4. The second kappa shape index (κ2) is 15.1. The summed E-state index contributed by atoms with van der Waals surface area (Å²) in [6.45, 7) is -0.181. The molecule has 11 aromatic carbocycles. The van der Waals surface area contributed by atoms with Crippen molar-refractivity contribution in [3.63, 3.8) is 0 Å². The molecular formula is C60H39BN2O2. The van der Waals surface area contributed by atoms with E-state index in [2.05, 4.69) is 240 Å². The van der Waals surface area contributed by atoms with Crippen LogP contribution < -0.4 is 35.7 Å². The maximum Gasteiger partial charge on any atom is 0.262 e. The highest BCUT2D eigenvalue weighted by Gasteiger charge is 2.43. The smallest absolute Gasteiger partial charge is 0.262 e. The van der Waals surface area contributed by atoms with Crippen LogP contribution in [0.25, 0.3) is 43.4 Å². The predicted octanol–water partition coefficient (Wildman–Crippen LogP) is 14.5. The minimum Gasteiger partial charge on any atom is -0.458 e. The van der Waals surface area contributed by atoms with E-state index in [0.29, 0.717) is 0 Å². The number of benzene rings is 11. The molecule has 0 fully saturated rings. The van der Waals surface area contributed by atoms with Crippen molar-refractivity contribution in [1.82, 2.24) is 0 Å². The lowest BCUT2D eigenvalue weighted by Gasteiger charge is -2.37. The molecule has 0 saturated carbocycles. The van der Waals surface area contributed by atoms with Gasteiger partial charge >= 0.3 is 0 Å². The Bertz CT molecular complexity index is 3630. The Labute approximate surface area is 377 Å². The number of anilines is 6. The van der Waals surface area contributed by atoms with Crippen LogP contribution in [0.1, 0.15) is 0 Å². The van der Waals surface area contributed by atoms with Gasteiger partial charge in [-0.3, -0.25) is 0 Å². The van der Waals surface area contributed by atoms with Crippen molar-refractivity contribution in [2.45, 2.75) is 0 Å². The highest BCUT2D eigenvalue weighted by Crippen LogP contribution is 2.48. The Hall–Kier alpha value is -8.54. The molecule has 13 rings (SSSR count). The Kier molecular flexibility index (Phi) is 8.60. The second-order valence-corrected chi connectivity index (χ2v) is 16.8. The molecule has 0 saturated heterocycles. The number of fused-ring (bicyclic) bond motifs is 9. The quantitative estimate of drug-likeness (QED) is 0.149. The van der Waals surface area contributed by atoms with Gasteiger partial charge in [0.25, 0.3) is 6.71 Å². The van der Waals surface area contributed by atoms with E-state index in [1.54, 1.807) is 0 Å². The highest BCUT2D eigenvalue weighted by molar-refractivity contribution is 7.01. The third kappa shape index (κ3) is 6.01. The molecule has 2 aliphatic rings. The van der Waals surface area contributed by atoms with Crippen LogP contribution in [-0.2, 0) is 0 Å². The minimum atomic E-state index is -0.181. The van der Waals surface area contributed by atoms with Crippen LogP contribution in [0.15, 0.2) is 237 Å². The van der Waals surface area contributed by atoms with E-state index in [1.807, 2.05) is 6.07 Å². The van der Waals surface area contributed by atoms with Crippen molar-refractivity contribution in [1.29, 1.82) is 0 Å². The minimum absolute atomic E-state index is 0.181. The summed E-state index contributed by atoms with van der Waals surface area (Å²) in [5.41, 5.74) is 12.0. The van der Waals surface area contributed by atoms with E-state index in [0.717, 1.165) is 106 Å². The molecule has 0 atom stereocenters. The van der Waals surface area contributed by atoms with Crippen molar-refractivity contribution < 1.29 is 9.47 Å². The fourth-order valence-corrected chi connectivity index (χ4v) is 10.3. The zero-order chi connectivity index (χ0) is 42.8. The summed E-state index contributed by atoms with van der Waals surface area (Å²) in [5, 5.41) is 6.92. The Morgan fingerprint density at radius 1 is 0.292 bits per heavy atom. The summed E-state index contributed by atoms with van der Waals surface area (Å²) in [6.07, 6.45) is 0. The van der Waals surface area contributed by atoms with E-state index in [4.69, 9.17) is 9.47 Å². The van der Waals surface area contributed by atoms with Gasteiger partial charge in [0.15, 0.2) is 0 Å². The van der Waals surface area contributed by atoms with Gasteiger partial charge in [0.05, 0.1) is 17.1 Å². The normalized spacial score (nSPS) is 12.2. The van der Waals surface area contributed by atoms with Crippen molar-refractivity contribution in [2.75, 3.05) is 9.80 Å². The van der Waals surface area contributed by atoms with Crippen LogP contribution in [-0.4, -0.2) is 6.71 Å². The first-order valence-corrected chi connectivity index (χ1v) is 22.2. The molecule has 5 heteroatoms. The lowest BCUT2D eigenvalue weighted by Crippen LogP contribution is -2.58. The zero-order valence-corrected chi connectivity index (χ0v) is 35.3. The van der Waals surface area contributed by atoms with E-state index < -0.39 is 0 Å². The number of rotatable bonds is 7. The monoisotopic (exact) mass is 830 g/mol. The number of hydrogen-bond donors (Lipinski definition) is 0. The summed E-state index contributed by atoms with van der Waals surface area (Å²) in [4.78, 5) is 4.76. The fourth-order valence-electron chi connectivity index (χ4n) is 10.3. The third-order valence-corrected chi connectivity index (χ3v) is 13.1. The Balaban J connectivity index is 1.06. The lowest BCUT2D eigenvalue weighted by atomic mass is 9.33. The molecule has 0 aromatic heterocycles. The van der Waals surface area contributed by atoms with Gasteiger partial charge in [0.2, 0.25) is 0 Å². The molecule has 0 N–H and O–H groups in total. The number of ether oxygens (including phenoxy) is 2. The zero-order valence-electron chi connectivity index (χ0n) is 35.3. The lowest BCUT2D eigenvalue weighted by molar-refractivity contribution is 0.465. The average Bonchev–Trinajstić information content (AvgIpc) is 3.37. The first-order valence-electron chi connectivity index (χ1n) is 22.2. The van der Waals surface area contributed by atoms with Crippen molar-refractivity contribution in [3.8, 4) is 34.1 Å². The molecule has 304 valence electrons. The third-order valence-electron chi connectivity index (χ3n) is 13.1. The fraction of sp³-hybridized carbons (Fsp3) is 0. The summed E-state index contributed by atoms with van der Waals surface area (Å²) in [6, 6.07) is 84.3. The molecule has 0 unspecified atom stereocenters. The number of nitrogens with zero attached hydrogens (tertiary/aromatic N) is 2. The van der Waals surface area contributed by atoms with E-state index in [9.17, 15) is 0 Å². The van der Waals surface area contributed by atoms with Crippen molar-refractivity contribution >= 4 is 89.5 Å². The molecule has 0 amide bonds. The van der Waals surface area contributed by atoms with E-state index in [1.165, 1.54) is 10.8 Å². The van der Waals surface area contributed by atoms with Crippen LogP contribution in [0.3, 0.4) is 0 Å². The van der Waals surface area contributed by atoms with Gasteiger partial charge in [0, 0.05) is 51.0 Å². The molecule has 65 heavy (non-hydrogen) atoms. The largest absolute Gasteiger partial charge is 0.458 e. The molecule has 0 radical (unpaired) electrons. The molecule has 2 heterocycles. The van der Waals surface area contributed by atoms with Crippen LogP contribution in [0, 0.1) is 0 Å². The summed E-state index contributed by atoms with van der Waals surface area (Å²) in [5.74, 6) is 3.27. The van der Waals surface area contributed by atoms with E-state index >= 15 is 0 Å². The highest BCUT2D eigenvalue weighted by atomic mass is 16.5. The van der Waals surface area contributed by atoms with Gasteiger partial charge in [-0.25, -0.2) is 0 Å². The maximum absolute atomic E-state index is 7.13. The summed E-state index contributed by atoms with van der Waals surface area (Å²) in [7, 11) is 0. The van der Waals surface area contributed by atoms with Gasteiger partial charge in [-0.1, -0.05) is 170 Å². The first-order chi connectivity index (χ1) is 32.3. The van der Waals surface area contributed by atoms with Crippen LogP contribution >= 0.6 is 0 Å². The summed E-state index contributed by atoms with van der Waals surface area (Å²) < 4.78 is 14.2. The van der Waals surface area contributed by atoms with Crippen LogP contribution in [0.4, 0.5) is 34.1 Å². The van der Waals surface area contributed by atoms with Gasteiger partial charge in [-0.2, -0.15) is 0 Å². The molecule has 2 aliphatic heterocycles. The topological polar surface area (TPSA) is 24.9 Å². The molecule has 0 bridgehead atoms. The Morgan fingerprint density at radius 3 is 1.42 bits per heavy atom. The average molecular weight is 831 g/mol. The maximum atomic E-state index is 7.13. The SMILES string of the molecule is c1ccc(-c2ccccc2N(c2ccccc2)c2cc3c(c4ccccc24)B2c4c(cccc4O3)Oc3cc(N(c4ccccc4)c4ccc5ccccc5c4)c4ccccc4c32)cc1. The molecule has 0 spiro atoms. The van der Waals surface area contributed by atoms with E-state index in [-0.39, 0.29) is 6.71 Å². The van der Waals surface area contributed by atoms with Gasteiger partial charge in [0.1, 0.15) is 23.0 Å². The van der Waals surface area contributed by atoms with Crippen molar-refractivity contribution in [2.24, 2.45) is 0 Å². The summed E-state index contributed by atoms with van der Waals surface area (Å²) >= 11 is 0. The number of para-hydroxylation sites is 3. The molecule has 0 aliphatic carbocycles. The van der Waals surface area contributed by atoms with Gasteiger partial charge < -0.3 is 19.3 Å². The van der Waals surface area contributed by atoms with Gasteiger partial charge in [-0.15, -0.1) is 0 Å². The van der Waals surface area contributed by atoms with Crippen molar-refractivity contribution in [3.05, 3.63) is 237 Å². The molecule has 11 aromatic rings. The van der Waals surface area contributed by atoms with Gasteiger partial charge in [-0.05, 0) is 92.6 Å². The van der Waals surface area contributed by atoms with Crippen LogP contribution in [0.5, 0.6) is 23.0 Å². The standard InChI is InChI=1S/C60H39BN2O2/c1-4-20-41(21-5-1)46-27-16-17-32-51(46)63(44-25-8-3-9-26-44)53-39-57-59(50-31-15-13-29-48(50)53)61-58-49-30-14-12-28-47(49)52(38-56(58)64-54-33-18-34-55(65-57)60(54)61)62(43-23-6-2-7-24-43)45-36-35-40-19-10-11-22-42(40)37-45/h1-39H. The first kappa shape index (κ1) is 37.1. The predicted molar refractivity (Wildman–Crippen MR) is 271 cm³/mol. The van der Waals surface area contributed by atoms with Crippen LogP contribution in [0.2, 0.25) is 0 Å². The second-order valence-electron chi connectivity index (χ2n) is 16.8.